The van der Waals surface area contributed by atoms with Crippen LogP contribution >= 0.6 is 0 Å². The number of anilines is 1. The second kappa shape index (κ2) is 5.74. The van der Waals surface area contributed by atoms with Crippen molar-refractivity contribution in [1.82, 2.24) is 0 Å². The van der Waals surface area contributed by atoms with Crippen LogP contribution in [0.4, 0.5) is 5.69 Å². The van der Waals surface area contributed by atoms with E-state index in [4.69, 9.17) is 4.42 Å². The number of amides is 1. The number of rotatable bonds is 0. The van der Waals surface area contributed by atoms with Crippen molar-refractivity contribution >= 4 is 28.1 Å². The molecule has 1 amide bonds. The number of carbonyl (C=O) groups excluding carboxylic acids is 1. The van der Waals surface area contributed by atoms with E-state index in [1.807, 2.05) is 30.3 Å². The van der Waals surface area contributed by atoms with Crippen molar-refractivity contribution in [2.75, 3.05) is 11.9 Å². The summed E-state index contributed by atoms with van der Waals surface area (Å²) in [7, 11) is 1.78. The zero-order chi connectivity index (χ0) is 17.6. The summed E-state index contributed by atoms with van der Waals surface area (Å²) < 4.78 is 5.31. The van der Waals surface area contributed by atoms with E-state index < -0.39 is 0 Å². The molecule has 1 aromatic heterocycles. The number of carbonyl (C=O) groups is 1. The first-order chi connectivity index (χ1) is 12.0. The molecule has 0 saturated heterocycles. The predicted octanol–water partition coefficient (Wildman–Crippen LogP) is 3.57. The molecule has 0 saturated carbocycles. The first-order valence-electron chi connectivity index (χ1n) is 8.13. The van der Waals surface area contributed by atoms with Crippen LogP contribution in [0.1, 0.15) is 16.7 Å². The predicted molar refractivity (Wildman–Crippen MR) is 98.8 cm³/mol. The Morgan fingerprint density at radius 1 is 1.00 bits per heavy atom. The quantitative estimate of drug-likeness (QED) is 0.592. The van der Waals surface area contributed by atoms with Gasteiger partial charge in [-0.3, -0.25) is 4.79 Å². The summed E-state index contributed by atoms with van der Waals surface area (Å²) in [6.07, 6.45) is 0.905. The van der Waals surface area contributed by atoms with Gasteiger partial charge in [-0.05, 0) is 40.5 Å². The molecule has 0 fully saturated rings. The molecule has 4 rings (SSSR count). The molecule has 1 aliphatic rings. The molecule has 0 aliphatic carbocycles. The van der Waals surface area contributed by atoms with Crippen molar-refractivity contribution < 1.29 is 9.21 Å². The number of fused-ring (bicyclic) bond motifs is 4. The Kier molecular flexibility index (Phi) is 3.53. The molecule has 124 valence electrons. The van der Waals surface area contributed by atoms with Crippen molar-refractivity contribution in [3.05, 3.63) is 82.2 Å². The lowest BCUT2D eigenvalue weighted by Gasteiger charge is -2.21. The average Bonchev–Trinajstić information content (AvgIpc) is 2.64. The highest BCUT2D eigenvalue weighted by Crippen LogP contribution is 2.34. The van der Waals surface area contributed by atoms with Crippen molar-refractivity contribution in [3.8, 4) is 0 Å². The fraction of sp³-hybridized carbons (Fsp3) is 0.143. The zero-order valence-corrected chi connectivity index (χ0v) is 13.9. The lowest BCUT2D eigenvalue weighted by atomic mass is 9.93. The van der Waals surface area contributed by atoms with Gasteiger partial charge in [0, 0.05) is 30.6 Å². The van der Waals surface area contributed by atoms with Crippen molar-refractivity contribution in [3.63, 3.8) is 0 Å². The standard InChI is InChI=1S/C21H17NO3/c1-13-11-17-16-7-10-21(24)25-19(16)9-8-18(17)22(2)20(23)12-14-5-3-4-6-15(13)14/h3-10H,1,11-12H2,2H3. The number of hydrogen-bond acceptors (Lipinski definition) is 3. The van der Waals surface area contributed by atoms with E-state index >= 15 is 0 Å². The fourth-order valence-corrected chi connectivity index (χ4v) is 3.44. The van der Waals surface area contributed by atoms with Gasteiger partial charge in [0.2, 0.25) is 5.91 Å². The molecule has 1 aliphatic heterocycles. The Morgan fingerprint density at radius 2 is 1.80 bits per heavy atom. The summed E-state index contributed by atoms with van der Waals surface area (Å²) in [6, 6.07) is 14.6. The summed E-state index contributed by atoms with van der Waals surface area (Å²) in [4.78, 5) is 26.0. The molecule has 0 atom stereocenters. The number of likely N-dealkylation sites (N-methyl/N-ethyl adjacent to an activating group) is 1. The maximum absolute atomic E-state index is 12.8. The van der Waals surface area contributed by atoms with Gasteiger partial charge in [-0.25, -0.2) is 4.79 Å². The van der Waals surface area contributed by atoms with E-state index in [-0.39, 0.29) is 11.5 Å². The summed E-state index contributed by atoms with van der Waals surface area (Å²) in [5.41, 5.74) is 4.83. The second-order valence-electron chi connectivity index (χ2n) is 6.30. The third-order valence-electron chi connectivity index (χ3n) is 4.75. The summed E-state index contributed by atoms with van der Waals surface area (Å²) in [5, 5.41) is 0.831. The number of nitrogens with zero attached hydrogens (tertiary/aromatic N) is 1. The van der Waals surface area contributed by atoms with Crippen LogP contribution in [0.15, 0.2) is 64.3 Å². The van der Waals surface area contributed by atoms with Crippen molar-refractivity contribution in [2.24, 2.45) is 0 Å². The molecule has 0 N–H and O–H groups in total. The SMILES string of the molecule is C=C1Cc2c(ccc3oc(=O)ccc23)N(C)C(=O)Cc2ccccc21. The van der Waals surface area contributed by atoms with Gasteiger partial charge in [0.15, 0.2) is 0 Å². The molecule has 0 radical (unpaired) electrons. The van der Waals surface area contributed by atoms with Crippen LogP contribution in [0.2, 0.25) is 0 Å². The maximum atomic E-state index is 12.8. The highest BCUT2D eigenvalue weighted by Gasteiger charge is 2.22. The minimum Gasteiger partial charge on any atom is -0.423 e. The Hall–Kier alpha value is -3.14. The van der Waals surface area contributed by atoms with Gasteiger partial charge in [-0.15, -0.1) is 0 Å². The normalized spacial score (nSPS) is 14.5. The third kappa shape index (κ3) is 2.56. The molecule has 0 spiro atoms. The van der Waals surface area contributed by atoms with Gasteiger partial charge >= 0.3 is 5.63 Å². The first kappa shape index (κ1) is 15.4. The topological polar surface area (TPSA) is 50.5 Å². The fourth-order valence-electron chi connectivity index (χ4n) is 3.44. The summed E-state index contributed by atoms with van der Waals surface area (Å²) in [5.74, 6) is 0.0140. The lowest BCUT2D eigenvalue weighted by molar-refractivity contribution is -0.117. The van der Waals surface area contributed by atoms with Crippen LogP contribution in [0.3, 0.4) is 0 Å². The van der Waals surface area contributed by atoms with E-state index in [0.29, 0.717) is 18.4 Å². The molecule has 0 unspecified atom stereocenters. The van der Waals surface area contributed by atoms with Gasteiger partial charge in [0.1, 0.15) is 5.58 Å². The van der Waals surface area contributed by atoms with Gasteiger partial charge in [0.25, 0.3) is 0 Å². The Bertz CT molecular complexity index is 1080. The molecule has 2 heterocycles. The Labute approximate surface area is 145 Å². The molecular formula is C21H17NO3. The van der Waals surface area contributed by atoms with Crippen LogP contribution in [-0.4, -0.2) is 13.0 Å². The molecule has 2 aromatic carbocycles. The van der Waals surface area contributed by atoms with Crippen LogP contribution in [0, 0.1) is 0 Å². The summed E-state index contributed by atoms with van der Waals surface area (Å²) in [6.45, 7) is 4.25. The molecule has 0 bridgehead atoms. The van der Waals surface area contributed by atoms with E-state index in [1.54, 1.807) is 24.1 Å². The second-order valence-corrected chi connectivity index (χ2v) is 6.30. The average molecular weight is 331 g/mol. The largest absolute Gasteiger partial charge is 0.423 e. The molecule has 4 nitrogen and oxygen atoms in total. The number of benzene rings is 2. The Morgan fingerprint density at radius 3 is 2.64 bits per heavy atom. The van der Waals surface area contributed by atoms with Crippen molar-refractivity contribution in [1.29, 1.82) is 0 Å². The van der Waals surface area contributed by atoms with E-state index in [9.17, 15) is 9.59 Å². The van der Waals surface area contributed by atoms with Gasteiger partial charge in [-0.1, -0.05) is 30.8 Å². The highest BCUT2D eigenvalue weighted by molar-refractivity contribution is 6.00. The molecular weight excluding hydrogens is 314 g/mol. The molecule has 4 heteroatoms. The highest BCUT2D eigenvalue weighted by atomic mass is 16.4. The smallest absolute Gasteiger partial charge is 0.336 e. The van der Waals surface area contributed by atoms with Crippen LogP contribution in [0.25, 0.3) is 16.5 Å². The maximum Gasteiger partial charge on any atom is 0.336 e. The van der Waals surface area contributed by atoms with Crippen molar-refractivity contribution in [2.45, 2.75) is 12.8 Å². The van der Waals surface area contributed by atoms with Crippen LogP contribution in [-0.2, 0) is 17.6 Å². The number of allylic oxidation sites excluding steroid dienone is 1. The molecule has 3 aromatic rings. The van der Waals surface area contributed by atoms with E-state index in [2.05, 4.69) is 6.58 Å². The lowest BCUT2D eigenvalue weighted by Crippen LogP contribution is -2.28. The minimum atomic E-state index is -0.385. The zero-order valence-electron chi connectivity index (χ0n) is 13.9. The van der Waals surface area contributed by atoms with Gasteiger partial charge in [0.05, 0.1) is 6.42 Å². The Balaban J connectivity index is 1.99. The van der Waals surface area contributed by atoms with Crippen LogP contribution < -0.4 is 10.5 Å². The van der Waals surface area contributed by atoms with E-state index in [1.165, 1.54) is 6.07 Å². The molecule has 25 heavy (non-hydrogen) atoms. The monoisotopic (exact) mass is 331 g/mol. The first-order valence-corrected chi connectivity index (χ1v) is 8.13. The summed E-state index contributed by atoms with van der Waals surface area (Å²) >= 11 is 0. The minimum absolute atomic E-state index is 0.0140. The van der Waals surface area contributed by atoms with E-state index in [0.717, 1.165) is 33.3 Å². The van der Waals surface area contributed by atoms with Crippen LogP contribution in [0.5, 0.6) is 0 Å². The number of hydrogen-bond donors (Lipinski definition) is 0. The van der Waals surface area contributed by atoms with Gasteiger partial charge in [-0.2, -0.15) is 0 Å². The van der Waals surface area contributed by atoms with Gasteiger partial charge < -0.3 is 9.32 Å². The third-order valence-corrected chi connectivity index (χ3v) is 4.75.